The van der Waals surface area contributed by atoms with Gasteiger partial charge in [-0.2, -0.15) is 0 Å². The fraction of sp³-hybridized carbons (Fsp3) is 0.375. The van der Waals surface area contributed by atoms with E-state index in [0.717, 1.165) is 59.5 Å². The van der Waals surface area contributed by atoms with Gasteiger partial charge < -0.3 is 9.80 Å². The van der Waals surface area contributed by atoms with Crippen LogP contribution in [-0.4, -0.2) is 38.7 Å². The SMILES string of the molecule is CCC(=O)N1Cc2cc(Cl)ccc2-n2c(nnc2C2CCN(c3cccc(Cl)c3)CC2)C1. The average molecular weight is 470 g/mol. The van der Waals surface area contributed by atoms with Crippen molar-refractivity contribution in [1.82, 2.24) is 19.7 Å². The van der Waals surface area contributed by atoms with E-state index in [9.17, 15) is 4.79 Å². The molecule has 166 valence electrons. The Morgan fingerprint density at radius 3 is 2.56 bits per heavy atom. The topological polar surface area (TPSA) is 54.3 Å². The summed E-state index contributed by atoms with van der Waals surface area (Å²) in [5.74, 6) is 2.17. The van der Waals surface area contributed by atoms with Crippen LogP contribution in [0.1, 0.15) is 49.3 Å². The zero-order chi connectivity index (χ0) is 22.2. The number of carbonyl (C=O) groups excluding carboxylic acids is 1. The molecule has 3 aromatic rings. The molecule has 0 saturated carbocycles. The highest BCUT2D eigenvalue weighted by Crippen LogP contribution is 2.35. The van der Waals surface area contributed by atoms with Crippen LogP contribution >= 0.6 is 23.2 Å². The van der Waals surface area contributed by atoms with Crippen LogP contribution < -0.4 is 4.90 Å². The molecule has 0 atom stereocenters. The van der Waals surface area contributed by atoms with Gasteiger partial charge in [-0.3, -0.25) is 9.36 Å². The molecule has 0 unspecified atom stereocenters. The van der Waals surface area contributed by atoms with Crippen LogP contribution in [0.2, 0.25) is 10.0 Å². The summed E-state index contributed by atoms with van der Waals surface area (Å²) < 4.78 is 2.16. The molecule has 2 aliphatic heterocycles. The van der Waals surface area contributed by atoms with Gasteiger partial charge in [0.15, 0.2) is 5.82 Å². The Labute approximate surface area is 197 Å². The van der Waals surface area contributed by atoms with Gasteiger partial charge in [-0.05, 0) is 54.8 Å². The van der Waals surface area contributed by atoms with Crippen molar-refractivity contribution < 1.29 is 4.79 Å². The molecule has 0 N–H and O–H groups in total. The average Bonchev–Trinajstić information content (AvgIpc) is 3.14. The molecule has 2 aromatic carbocycles. The van der Waals surface area contributed by atoms with Crippen LogP contribution in [0.3, 0.4) is 0 Å². The number of hydrogen-bond donors (Lipinski definition) is 0. The van der Waals surface area contributed by atoms with Crippen molar-refractivity contribution in [3.63, 3.8) is 0 Å². The molecular weight excluding hydrogens is 445 g/mol. The third kappa shape index (κ3) is 3.97. The lowest BCUT2D eigenvalue weighted by Crippen LogP contribution is -2.33. The van der Waals surface area contributed by atoms with Crippen LogP contribution in [0.4, 0.5) is 5.69 Å². The first-order chi connectivity index (χ1) is 15.5. The predicted molar refractivity (Wildman–Crippen MR) is 127 cm³/mol. The maximum absolute atomic E-state index is 12.5. The van der Waals surface area contributed by atoms with Gasteiger partial charge in [-0.1, -0.05) is 36.2 Å². The van der Waals surface area contributed by atoms with Gasteiger partial charge in [0.2, 0.25) is 5.91 Å². The minimum absolute atomic E-state index is 0.101. The van der Waals surface area contributed by atoms with Crippen LogP contribution in [-0.2, 0) is 17.9 Å². The lowest BCUT2D eigenvalue weighted by molar-refractivity contribution is -0.132. The highest BCUT2D eigenvalue weighted by molar-refractivity contribution is 6.31. The van der Waals surface area contributed by atoms with E-state index in [0.29, 0.717) is 30.5 Å². The fourth-order valence-electron chi connectivity index (χ4n) is 4.76. The molecule has 0 spiro atoms. The number of benzene rings is 2. The molecule has 0 bridgehead atoms. The largest absolute Gasteiger partial charge is 0.371 e. The van der Waals surface area contributed by atoms with E-state index in [1.54, 1.807) is 0 Å². The number of aromatic nitrogens is 3. The van der Waals surface area contributed by atoms with Crippen LogP contribution in [0.5, 0.6) is 0 Å². The van der Waals surface area contributed by atoms with Crippen molar-refractivity contribution >= 4 is 34.8 Å². The Kier molecular flexibility index (Phi) is 5.82. The normalized spacial score (nSPS) is 16.5. The number of rotatable bonds is 3. The number of amides is 1. The highest BCUT2D eigenvalue weighted by atomic mass is 35.5. The maximum atomic E-state index is 12.5. The Hall–Kier alpha value is -2.57. The molecule has 1 fully saturated rings. The monoisotopic (exact) mass is 469 g/mol. The minimum Gasteiger partial charge on any atom is -0.371 e. The van der Waals surface area contributed by atoms with E-state index in [-0.39, 0.29) is 5.91 Å². The molecule has 1 aromatic heterocycles. The lowest BCUT2D eigenvalue weighted by Gasteiger charge is -2.33. The van der Waals surface area contributed by atoms with Crippen LogP contribution in [0, 0.1) is 0 Å². The molecule has 6 nitrogen and oxygen atoms in total. The van der Waals surface area contributed by atoms with Crippen molar-refractivity contribution in [3.8, 4) is 5.69 Å². The van der Waals surface area contributed by atoms with Crippen molar-refractivity contribution in [1.29, 1.82) is 0 Å². The number of hydrogen-bond acceptors (Lipinski definition) is 4. The summed E-state index contributed by atoms with van der Waals surface area (Å²) in [4.78, 5) is 16.8. The quantitative estimate of drug-likeness (QED) is 0.528. The number of halogens is 2. The smallest absolute Gasteiger partial charge is 0.222 e. The van der Waals surface area contributed by atoms with Crippen molar-refractivity contribution in [2.75, 3.05) is 18.0 Å². The van der Waals surface area contributed by atoms with E-state index in [4.69, 9.17) is 23.2 Å². The zero-order valence-corrected chi connectivity index (χ0v) is 19.5. The van der Waals surface area contributed by atoms with Crippen molar-refractivity contribution in [2.24, 2.45) is 0 Å². The first kappa shape index (κ1) is 21.3. The number of carbonyl (C=O) groups is 1. The molecule has 0 radical (unpaired) electrons. The highest BCUT2D eigenvalue weighted by Gasteiger charge is 2.31. The summed E-state index contributed by atoms with van der Waals surface area (Å²) in [6, 6.07) is 13.9. The second kappa shape index (κ2) is 8.75. The molecular formula is C24H25Cl2N5O. The molecule has 5 rings (SSSR count). The third-order valence-corrected chi connectivity index (χ3v) is 6.89. The minimum atomic E-state index is 0.101. The molecule has 0 aliphatic carbocycles. The Morgan fingerprint density at radius 1 is 1.03 bits per heavy atom. The Balaban J connectivity index is 1.45. The van der Waals surface area contributed by atoms with E-state index < -0.39 is 0 Å². The summed E-state index contributed by atoms with van der Waals surface area (Å²) >= 11 is 12.5. The van der Waals surface area contributed by atoms with Crippen LogP contribution in [0.25, 0.3) is 5.69 Å². The molecule has 8 heteroatoms. The second-order valence-corrected chi connectivity index (χ2v) is 9.30. The second-order valence-electron chi connectivity index (χ2n) is 8.43. The maximum Gasteiger partial charge on any atom is 0.222 e. The number of fused-ring (bicyclic) bond motifs is 3. The molecule has 1 amide bonds. The predicted octanol–water partition coefficient (Wildman–Crippen LogP) is 5.21. The Bertz CT molecular complexity index is 1150. The molecule has 1 saturated heterocycles. The van der Waals surface area contributed by atoms with E-state index >= 15 is 0 Å². The van der Waals surface area contributed by atoms with Crippen molar-refractivity contribution in [2.45, 2.75) is 45.2 Å². The fourth-order valence-corrected chi connectivity index (χ4v) is 5.14. The zero-order valence-electron chi connectivity index (χ0n) is 18.0. The van der Waals surface area contributed by atoms with Gasteiger partial charge in [0.05, 0.1) is 12.2 Å². The number of piperidine rings is 1. The van der Waals surface area contributed by atoms with Gasteiger partial charge in [0.1, 0.15) is 5.82 Å². The van der Waals surface area contributed by atoms with Gasteiger partial charge in [-0.25, -0.2) is 0 Å². The van der Waals surface area contributed by atoms with Gasteiger partial charge in [0, 0.05) is 47.7 Å². The summed E-state index contributed by atoms with van der Waals surface area (Å²) in [6.07, 6.45) is 2.41. The molecule has 32 heavy (non-hydrogen) atoms. The van der Waals surface area contributed by atoms with E-state index in [1.165, 1.54) is 0 Å². The summed E-state index contributed by atoms with van der Waals surface area (Å²) in [6.45, 7) is 4.73. The van der Waals surface area contributed by atoms with Gasteiger partial charge in [-0.15, -0.1) is 10.2 Å². The van der Waals surface area contributed by atoms with Gasteiger partial charge >= 0.3 is 0 Å². The van der Waals surface area contributed by atoms with Gasteiger partial charge in [0.25, 0.3) is 0 Å². The standard InChI is InChI=1S/C24H25Cl2N5O/c1-2-23(32)30-14-17-12-19(26)6-7-21(17)31-22(15-30)27-28-24(31)16-8-10-29(11-9-16)20-5-3-4-18(25)13-20/h3-7,12-13,16H,2,8-11,14-15H2,1H3. The van der Waals surface area contributed by atoms with Crippen LogP contribution in [0.15, 0.2) is 42.5 Å². The van der Waals surface area contributed by atoms with E-state index in [1.807, 2.05) is 48.2 Å². The van der Waals surface area contributed by atoms with Crippen molar-refractivity contribution in [3.05, 3.63) is 69.7 Å². The first-order valence-electron chi connectivity index (χ1n) is 11.0. The number of anilines is 1. The summed E-state index contributed by atoms with van der Waals surface area (Å²) in [7, 11) is 0. The molecule has 3 heterocycles. The Morgan fingerprint density at radius 2 is 1.81 bits per heavy atom. The molecule has 2 aliphatic rings. The number of nitrogens with zero attached hydrogens (tertiary/aromatic N) is 5. The summed E-state index contributed by atoms with van der Waals surface area (Å²) in [5.41, 5.74) is 3.20. The third-order valence-electron chi connectivity index (χ3n) is 6.42. The first-order valence-corrected chi connectivity index (χ1v) is 11.8. The van der Waals surface area contributed by atoms with E-state index in [2.05, 4.69) is 25.7 Å². The summed E-state index contributed by atoms with van der Waals surface area (Å²) in [5, 5.41) is 10.6. The lowest BCUT2D eigenvalue weighted by atomic mass is 9.95.